The zero-order valence-corrected chi connectivity index (χ0v) is 14.4. The Bertz CT molecular complexity index is 894. The molecule has 0 spiro atoms. The fraction of sp³-hybridized carbons (Fsp3) is 0.222. The van der Waals surface area contributed by atoms with Crippen LogP contribution in [0.25, 0.3) is 11.4 Å². The van der Waals surface area contributed by atoms with Gasteiger partial charge < -0.3 is 4.52 Å². The van der Waals surface area contributed by atoms with Crippen molar-refractivity contribution in [2.45, 2.75) is 18.6 Å². The Morgan fingerprint density at radius 2 is 1.64 bits per heavy atom. The van der Waals surface area contributed by atoms with Gasteiger partial charge in [-0.25, -0.2) is 13.1 Å². The van der Waals surface area contributed by atoms with Crippen molar-refractivity contribution >= 4 is 10.0 Å². The van der Waals surface area contributed by atoms with E-state index in [1.54, 1.807) is 12.1 Å². The summed E-state index contributed by atoms with van der Waals surface area (Å²) in [5, 5.41) is 3.95. The van der Waals surface area contributed by atoms with E-state index in [9.17, 15) is 8.42 Å². The number of rotatable bonds is 8. The van der Waals surface area contributed by atoms with Crippen LogP contribution < -0.4 is 4.72 Å². The van der Waals surface area contributed by atoms with E-state index in [-0.39, 0.29) is 5.75 Å². The van der Waals surface area contributed by atoms with Crippen molar-refractivity contribution in [3.05, 3.63) is 72.1 Å². The molecule has 0 saturated carbocycles. The molecule has 0 aliphatic carbocycles. The van der Waals surface area contributed by atoms with Gasteiger partial charge >= 0.3 is 0 Å². The summed E-state index contributed by atoms with van der Waals surface area (Å²) >= 11 is 0. The molecule has 3 rings (SSSR count). The van der Waals surface area contributed by atoms with Gasteiger partial charge in [-0.1, -0.05) is 65.8 Å². The Labute approximate surface area is 147 Å². The van der Waals surface area contributed by atoms with Gasteiger partial charge in [-0.05, 0) is 12.0 Å². The van der Waals surface area contributed by atoms with Crippen LogP contribution >= 0.6 is 0 Å². The highest BCUT2D eigenvalue weighted by molar-refractivity contribution is 7.88. The summed E-state index contributed by atoms with van der Waals surface area (Å²) in [6.45, 7) is 0.332. The minimum atomic E-state index is -3.34. The fourth-order valence-electron chi connectivity index (χ4n) is 2.37. The molecule has 2 aromatic carbocycles. The van der Waals surface area contributed by atoms with Crippen molar-refractivity contribution in [1.82, 2.24) is 14.9 Å². The topological polar surface area (TPSA) is 85.1 Å². The second kappa shape index (κ2) is 8.04. The molecule has 0 atom stereocenters. The minimum absolute atomic E-state index is 0.0213. The van der Waals surface area contributed by atoms with Crippen LogP contribution in [0.2, 0.25) is 0 Å². The summed E-state index contributed by atoms with van der Waals surface area (Å²) in [4.78, 5) is 4.33. The summed E-state index contributed by atoms with van der Waals surface area (Å²) in [6.07, 6.45) is 1.11. The standard InChI is InChI=1S/C18H19N3O3S/c22-25(23,14-15-8-3-1-4-9-15)19-13-7-12-17-20-18(21-24-17)16-10-5-2-6-11-16/h1-6,8-11,19H,7,12-14H2. The summed E-state index contributed by atoms with van der Waals surface area (Å²) in [7, 11) is -3.34. The van der Waals surface area contributed by atoms with Crippen molar-refractivity contribution in [3.8, 4) is 11.4 Å². The van der Waals surface area contributed by atoms with Crippen LogP contribution in [-0.4, -0.2) is 25.1 Å². The van der Waals surface area contributed by atoms with Gasteiger partial charge in [0.1, 0.15) is 0 Å². The number of sulfonamides is 1. The normalized spacial score (nSPS) is 11.5. The third kappa shape index (κ3) is 5.23. The number of nitrogens with one attached hydrogen (secondary N) is 1. The Kier molecular flexibility index (Phi) is 5.57. The van der Waals surface area contributed by atoms with Gasteiger partial charge in [0.25, 0.3) is 0 Å². The largest absolute Gasteiger partial charge is 0.339 e. The Hall–Kier alpha value is -2.51. The van der Waals surface area contributed by atoms with Gasteiger partial charge in [-0.2, -0.15) is 4.98 Å². The smallest absolute Gasteiger partial charge is 0.227 e. The molecule has 130 valence electrons. The minimum Gasteiger partial charge on any atom is -0.339 e. The summed E-state index contributed by atoms with van der Waals surface area (Å²) in [5.41, 5.74) is 1.65. The maximum atomic E-state index is 12.0. The van der Waals surface area contributed by atoms with Gasteiger partial charge in [-0.3, -0.25) is 0 Å². The molecule has 1 N–H and O–H groups in total. The van der Waals surface area contributed by atoms with Crippen LogP contribution in [0.1, 0.15) is 17.9 Å². The number of nitrogens with zero attached hydrogens (tertiary/aromatic N) is 2. The van der Waals surface area contributed by atoms with Crippen LogP contribution in [0.15, 0.2) is 65.2 Å². The molecule has 0 saturated heterocycles. The van der Waals surface area contributed by atoms with E-state index in [0.29, 0.717) is 31.1 Å². The lowest BCUT2D eigenvalue weighted by molar-refractivity contribution is 0.376. The zero-order chi connectivity index (χ0) is 17.5. The second-order valence-corrected chi connectivity index (χ2v) is 7.43. The highest BCUT2D eigenvalue weighted by atomic mass is 32.2. The third-order valence-corrected chi connectivity index (χ3v) is 4.95. The van der Waals surface area contributed by atoms with E-state index in [0.717, 1.165) is 11.1 Å². The third-order valence-electron chi connectivity index (χ3n) is 3.59. The first kappa shape index (κ1) is 17.3. The highest BCUT2D eigenvalue weighted by Gasteiger charge is 2.12. The maximum Gasteiger partial charge on any atom is 0.227 e. The van der Waals surface area contributed by atoms with Crippen molar-refractivity contribution in [2.24, 2.45) is 0 Å². The quantitative estimate of drug-likeness (QED) is 0.627. The molecular formula is C18H19N3O3S. The molecule has 0 unspecified atom stereocenters. The van der Waals surface area contributed by atoms with Crippen LogP contribution in [0, 0.1) is 0 Å². The average Bonchev–Trinajstić information content (AvgIpc) is 3.09. The Morgan fingerprint density at radius 3 is 2.36 bits per heavy atom. The van der Waals surface area contributed by atoms with E-state index < -0.39 is 10.0 Å². The molecule has 0 aliphatic rings. The van der Waals surface area contributed by atoms with E-state index >= 15 is 0 Å². The van der Waals surface area contributed by atoms with E-state index in [1.165, 1.54) is 0 Å². The molecule has 0 aliphatic heterocycles. The summed E-state index contributed by atoms with van der Waals surface area (Å²) in [6, 6.07) is 18.7. The van der Waals surface area contributed by atoms with Crippen molar-refractivity contribution in [3.63, 3.8) is 0 Å². The van der Waals surface area contributed by atoms with Crippen LogP contribution in [0.3, 0.4) is 0 Å². The van der Waals surface area contributed by atoms with Gasteiger partial charge in [0.2, 0.25) is 21.7 Å². The number of benzene rings is 2. The van der Waals surface area contributed by atoms with Crippen LogP contribution in [0.4, 0.5) is 0 Å². The molecule has 25 heavy (non-hydrogen) atoms. The molecule has 0 amide bonds. The molecule has 0 bridgehead atoms. The molecular weight excluding hydrogens is 338 g/mol. The van der Waals surface area contributed by atoms with E-state index in [4.69, 9.17) is 4.52 Å². The lowest BCUT2D eigenvalue weighted by atomic mass is 10.2. The maximum absolute atomic E-state index is 12.0. The molecule has 1 aromatic heterocycles. The van der Waals surface area contributed by atoms with Gasteiger partial charge in [0.15, 0.2) is 0 Å². The monoisotopic (exact) mass is 357 g/mol. The fourth-order valence-corrected chi connectivity index (χ4v) is 3.56. The molecule has 0 radical (unpaired) electrons. The first-order valence-corrected chi connectivity index (χ1v) is 9.67. The predicted octanol–water partition coefficient (Wildman–Crippen LogP) is 2.79. The molecule has 0 fully saturated rings. The van der Waals surface area contributed by atoms with Crippen LogP contribution in [-0.2, 0) is 22.2 Å². The van der Waals surface area contributed by atoms with E-state index in [1.807, 2.05) is 48.5 Å². The van der Waals surface area contributed by atoms with Gasteiger partial charge in [0.05, 0.1) is 5.75 Å². The molecule has 7 heteroatoms. The van der Waals surface area contributed by atoms with Crippen molar-refractivity contribution < 1.29 is 12.9 Å². The molecule has 1 heterocycles. The Morgan fingerprint density at radius 1 is 0.960 bits per heavy atom. The van der Waals surface area contributed by atoms with Gasteiger partial charge in [-0.15, -0.1) is 0 Å². The summed E-state index contributed by atoms with van der Waals surface area (Å²) < 4.78 is 31.9. The number of aryl methyl sites for hydroxylation is 1. The highest BCUT2D eigenvalue weighted by Crippen LogP contribution is 2.15. The van der Waals surface area contributed by atoms with Gasteiger partial charge in [0, 0.05) is 18.5 Å². The molecule has 3 aromatic rings. The van der Waals surface area contributed by atoms with Crippen molar-refractivity contribution in [1.29, 1.82) is 0 Å². The number of hydrogen-bond acceptors (Lipinski definition) is 5. The second-order valence-electron chi connectivity index (χ2n) is 5.62. The van der Waals surface area contributed by atoms with Crippen molar-refractivity contribution in [2.75, 3.05) is 6.54 Å². The summed E-state index contributed by atoms with van der Waals surface area (Å²) in [5.74, 6) is 1.02. The SMILES string of the molecule is O=S(=O)(Cc1ccccc1)NCCCc1nc(-c2ccccc2)no1. The molecule has 6 nitrogen and oxygen atoms in total. The first-order chi connectivity index (χ1) is 12.1. The van der Waals surface area contributed by atoms with E-state index in [2.05, 4.69) is 14.9 Å². The Balaban J connectivity index is 1.46. The average molecular weight is 357 g/mol. The first-order valence-electron chi connectivity index (χ1n) is 8.02. The lowest BCUT2D eigenvalue weighted by Crippen LogP contribution is -2.26. The number of aromatic nitrogens is 2. The van der Waals surface area contributed by atoms with Crippen LogP contribution in [0.5, 0.6) is 0 Å². The lowest BCUT2D eigenvalue weighted by Gasteiger charge is -2.05. The predicted molar refractivity (Wildman–Crippen MR) is 95.1 cm³/mol. The number of hydrogen-bond donors (Lipinski definition) is 1. The zero-order valence-electron chi connectivity index (χ0n) is 13.6.